The van der Waals surface area contributed by atoms with Gasteiger partial charge in [0, 0.05) is 12.2 Å². The van der Waals surface area contributed by atoms with E-state index in [1.54, 1.807) is 6.20 Å². The van der Waals surface area contributed by atoms with E-state index < -0.39 is 0 Å². The van der Waals surface area contributed by atoms with Crippen LogP contribution in [0.2, 0.25) is 0 Å². The fourth-order valence-electron chi connectivity index (χ4n) is 1.89. The van der Waals surface area contributed by atoms with Gasteiger partial charge >= 0.3 is 0 Å². The number of hydrogen-bond acceptors (Lipinski definition) is 4. The van der Waals surface area contributed by atoms with Crippen LogP contribution >= 0.6 is 11.6 Å². The van der Waals surface area contributed by atoms with Gasteiger partial charge in [-0.1, -0.05) is 12.8 Å². The lowest BCUT2D eigenvalue weighted by atomic mass is 9.95. The molecule has 0 spiro atoms. The molecular weight excluding hydrogens is 212 g/mol. The Bertz CT molecular complexity index is 331. The molecule has 1 aromatic heterocycles. The zero-order chi connectivity index (χ0) is 10.7. The van der Waals surface area contributed by atoms with E-state index in [2.05, 4.69) is 15.3 Å². The summed E-state index contributed by atoms with van der Waals surface area (Å²) < 4.78 is 0. The molecule has 1 aliphatic rings. The van der Waals surface area contributed by atoms with Crippen molar-refractivity contribution in [3.05, 3.63) is 12.3 Å². The maximum Gasteiger partial charge on any atom is 0.221 e. The van der Waals surface area contributed by atoms with Crippen LogP contribution in [0, 0.1) is 0 Å². The number of aromatic nitrogens is 2. The molecule has 1 aromatic rings. The number of anilines is 2. The van der Waals surface area contributed by atoms with E-state index in [9.17, 15) is 0 Å². The van der Waals surface area contributed by atoms with Crippen LogP contribution < -0.4 is 11.1 Å². The van der Waals surface area contributed by atoms with Crippen LogP contribution in [0.5, 0.6) is 0 Å². The van der Waals surface area contributed by atoms with Gasteiger partial charge in [0.15, 0.2) is 0 Å². The lowest BCUT2D eigenvalue weighted by Gasteiger charge is -2.28. The van der Waals surface area contributed by atoms with E-state index in [0.29, 0.717) is 12.0 Å². The molecule has 1 heterocycles. The Labute approximate surface area is 94.2 Å². The highest BCUT2D eigenvalue weighted by Gasteiger charge is 2.23. The lowest BCUT2D eigenvalue weighted by Crippen LogP contribution is -2.33. The van der Waals surface area contributed by atoms with Crippen LogP contribution in [0.4, 0.5) is 11.8 Å². The number of nitrogens with zero attached hydrogens (tertiary/aromatic N) is 2. The Morgan fingerprint density at radius 2 is 2.20 bits per heavy atom. The van der Waals surface area contributed by atoms with Crippen molar-refractivity contribution in [1.29, 1.82) is 0 Å². The van der Waals surface area contributed by atoms with Gasteiger partial charge in [-0.15, -0.1) is 11.6 Å². The molecular formula is C10H15ClN4. The molecule has 82 valence electrons. The number of nitrogens with one attached hydrogen (secondary N) is 1. The minimum Gasteiger partial charge on any atom is -0.368 e. The first kappa shape index (κ1) is 10.5. The van der Waals surface area contributed by atoms with Gasteiger partial charge in [0.1, 0.15) is 5.82 Å². The van der Waals surface area contributed by atoms with Crippen LogP contribution in [0.3, 0.4) is 0 Å². The quantitative estimate of drug-likeness (QED) is 0.758. The van der Waals surface area contributed by atoms with Gasteiger partial charge in [-0.25, -0.2) is 4.98 Å². The third-order valence-electron chi connectivity index (χ3n) is 2.69. The minimum atomic E-state index is 0.190. The molecule has 0 saturated heterocycles. The highest BCUT2D eigenvalue weighted by atomic mass is 35.5. The summed E-state index contributed by atoms with van der Waals surface area (Å²) in [5, 5.41) is 3.50. The summed E-state index contributed by atoms with van der Waals surface area (Å²) in [4.78, 5) is 7.94. The van der Waals surface area contributed by atoms with E-state index in [4.69, 9.17) is 17.3 Å². The Morgan fingerprint density at radius 1 is 1.40 bits per heavy atom. The van der Waals surface area contributed by atoms with Crippen LogP contribution in [0.15, 0.2) is 12.3 Å². The molecule has 0 radical (unpaired) electrons. The average molecular weight is 227 g/mol. The summed E-state index contributed by atoms with van der Waals surface area (Å²) >= 11 is 6.24. The summed E-state index contributed by atoms with van der Waals surface area (Å²) in [6, 6.07) is 2.11. The van der Waals surface area contributed by atoms with E-state index in [0.717, 1.165) is 18.7 Å². The van der Waals surface area contributed by atoms with Crippen LogP contribution in [0.25, 0.3) is 0 Å². The normalized spacial score (nSPS) is 26.2. The average Bonchev–Trinajstić information content (AvgIpc) is 2.22. The van der Waals surface area contributed by atoms with Gasteiger partial charge in [0.2, 0.25) is 5.95 Å². The van der Waals surface area contributed by atoms with Crippen molar-refractivity contribution < 1.29 is 0 Å². The van der Waals surface area contributed by atoms with Crippen molar-refractivity contribution >= 4 is 23.4 Å². The van der Waals surface area contributed by atoms with Crippen molar-refractivity contribution in [2.24, 2.45) is 0 Å². The molecule has 0 amide bonds. The molecule has 4 nitrogen and oxygen atoms in total. The summed E-state index contributed by atoms with van der Waals surface area (Å²) in [5.74, 6) is 1.06. The van der Waals surface area contributed by atoms with E-state index in [1.165, 1.54) is 12.8 Å². The fraction of sp³-hybridized carbons (Fsp3) is 0.600. The SMILES string of the molecule is Nc1nccc(NC2CCCCC2Cl)n1. The Morgan fingerprint density at radius 3 is 2.93 bits per heavy atom. The number of nitrogen functional groups attached to an aromatic ring is 1. The standard InChI is InChI=1S/C10H15ClN4/c11-7-3-1-2-4-8(7)14-9-5-6-13-10(12)15-9/h5-8H,1-4H2,(H3,12,13,14,15). The van der Waals surface area contributed by atoms with Crippen molar-refractivity contribution in [2.45, 2.75) is 37.1 Å². The molecule has 2 rings (SSSR count). The second-order valence-electron chi connectivity index (χ2n) is 3.85. The second-order valence-corrected chi connectivity index (χ2v) is 4.41. The molecule has 0 aromatic carbocycles. The topological polar surface area (TPSA) is 63.8 Å². The van der Waals surface area contributed by atoms with Gasteiger partial charge in [0.05, 0.1) is 5.38 Å². The third-order valence-corrected chi connectivity index (χ3v) is 3.21. The van der Waals surface area contributed by atoms with Crippen LogP contribution in [0.1, 0.15) is 25.7 Å². The molecule has 0 bridgehead atoms. The van der Waals surface area contributed by atoms with E-state index in [1.807, 2.05) is 6.07 Å². The summed E-state index contributed by atoms with van der Waals surface area (Å²) in [6.45, 7) is 0. The largest absolute Gasteiger partial charge is 0.368 e. The van der Waals surface area contributed by atoms with Gasteiger partial charge < -0.3 is 11.1 Å². The molecule has 2 atom stereocenters. The van der Waals surface area contributed by atoms with Crippen molar-refractivity contribution in [3.8, 4) is 0 Å². The summed E-state index contributed by atoms with van der Waals surface area (Å²) in [7, 11) is 0. The molecule has 15 heavy (non-hydrogen) atoms. The maximum atomic E-state index is 6.24. The first-order chi connectivity index (χ1) is 7.25. The molecule has 1 aliphatic carbocycles. The molecule has 2 unspecified atom stereocenters. The van der Waals surface area contributed by atoms with Crippen LogP contribution in [-0.4, -0.2) is 21.4 Å². The van der Waals surface area contributed by atoms with Gasteiger partial charge in [-0.05, 0) is 18.9 Å². The highest BCUT2D eigenvalue weighted by molar-refractivity contribution is 6.21. The van der Waals surface area contributed by atoms with Crippen molar-refractivity contribution in [2.75, 3.05) is 11.1 Å². The summed E-state index contributed by atoms with van der Waals surface area (Å²) in [6.07, 6.45) is 6.26. The monoisotopic (exact) mass is 226 g/mol. The molecule has 5 heteroatoms. The number of hydrogen-bond donors (Lipinski definition) is 2. The van der Waals surface area contributed by atoms with Gasteiger partial charge in [-0.2, -0.15) is 4.98 Å². The zero-order valence-electron chi connectivity index (χ0n) is 8.49. The number of nitrogens with two attached hydrogens (primary N) is 1. The Hall–Kier alpha value is -1.03. The third kappa shape index (κ3) is 2.72. The highest BCUT2D eigenvalue weighted by Crippen LogP contribution is 2.25. The first-order valence-electron chi connectivity index (χ1n) is 5.25. The predicted octanol–water partition coefficient (Wildman–Crippen LogP) is 2.02. The van der Waals surface area contributed by atoms with Crippen molar-refractivity contribution in [1.82, 2.24) is 9.97 Å². The minimum absolute atomic E-state index is 0.190. The first-order valence-corrected chi connectivity index (χ1v) is 5.68. The van der Waals surface area contributed by atoms with Gasteiger partial charge in [0.25, 0.3) is 0 Å². The second kappa shape index (κ2) is 4.66. The smallest absolute Gasteiger partial charge is 0.221 e. The zero-order valence-corrected chi connectivity index (χ0v) is 9.24. The molecule has 0 aliphatic heterocycles. The van der Waals surface area contributed by atoms with Gasteiger partial charge in [-0.3, -0.25) is 0 Å². The van der Waals surface area contributed by atoms with E-state index in [-0.39, 0.29) is 5.38 Å². The maximum absolute atomic E-state index is 6.24. The summed E-state index contributed by atoms with van der Waals surface area (Å²) in [5.41, 5.74) is 5.50. The number of halogens is 1. The lowest BCUT2D eigenvalue weighted by molar-refractivity contribution is 0.468. The molecule has 3 N–H and O–H groups in total. The number of alkyl halides is 1. The fourth-order valence-corrected chi connectivity index (χ4v) is 2.24. The van der Waals surface area contributed by atoms with E-state index >= 15 is 0 Å². The Kier molecular flexibility index (Phi) is 3.26. The Balaban J connectivity index is 2.01. The number of rotatable bonds is 2. The molecule has 1 fully saturated rings. The van der Waals surface area contributed by atoms with Crippen molar-refractivity contribution in [3.63, 3.8) is 0 Å². The predicted molar refractivity (Wildman–Crippen MR) is 62.0 cm³/mol. The molecule has 1 saturated carbocycles. The van der Waals surface area contributed by atoms with Crippen LogP contribution in [-0.2, 0) is 0 Å².